The van der Waals surface area contributed by atoms with Crippen LogP contribution in [0.3, 0.4) is 0 Å². The summed E-state index contributed by atoms with van der Waals surface area (Å²) in [5.41, 5.74) is 1.37. The lowest BCUT2D eigenvalue weighted by atomic mass is 10.1. The third-order valence-corrected chi connectivity index (χ3v) is 2.59. The van der Waals surface area contributed by atoms with Crippen molar-refractivity contribution in [2.75, 3.05) is 6.61 Å². The Kier molecular flexibility index (Phi) is 9.51. The molecule has 1 saturated carbocycles. The molecule has 1 aromatic carbocycles. The molecule has 0 bridgehead atoms. The summed E-state index contributed by atoms with van der Waals surface area (Å²) in [4.78, 5) is 9.18. The van der Waals surface area contributed by atoms with Crippen molar-refractivity contribution in [2.24, 2.45) is 0 Å². The molecule has 3 nitrogen and oxygen atoms in total. The van der Waals surface area contributed by atoms with Crippen LogP contribution in [-0.4, -0.2) is 18.7 Å². The largest absolute Gasteiger partial charge is 0.488 e. The lowest BCUT2D eigenvalue weighted by Gasteiger charge is -2.21. The smallest absolute Gasteiger partial charge is 0.293 e. The van der Waals surface area contributed by atoms with Crippen molar-refractivity contribution in [3.8, 4) is 5.75 Å². The Morgan fingerprint density at radius 2 is 1.67 bits per heavy atom. The third kappa shape index (κ3) is 9.94. The van der Waals surface area contributed by atoms with Gasteiger partial charge in [-0.15, -0.1) is 0 Å². The van der Waals surface area contributed by atoms with Crippen molar-refractivity contribution in [1.29, 1.82) is 0 Å². The summed E-state index contributed by atoms with van der Waals surface area (Å²) in [6.07, 6.45) is 2.72. The first-order valence-corrected chi connectivity index (χ1v) is 7.80. The van der Waals surface area contributed by atoms with E-state index in [-0.39, 0.29) is 5.60 Å². The maximum atomic E-state index is 9.18. The van der Waals surface area contributed by atoms with Crippen molar-refractivity contribution >= 4 is 6.47 Å². The van der Waals surface area contributed by atoms with Gasteiger partial charge in [0.2, 0.25) is 0 Å². The molecule has 0 radical (unpaired) electrons. The van der Waals surface area contributed by atoms with Crippen molar-refractivity contribution in [2.45, 2.75) is 65.9 Å². The Morgan fingerprint density at radius 1 is 1.14 bits per heavy atom. The van der Waals surface area contributed by atoms with Gasteiger partial charge in [-0.05, 0) is 64.2 Å². The molecule has 1 fully saturated rings. The molecule has 0 aliphatic heterocycles. The van der Waals surface area contributed by atoms with Gasteiger partial charge in [-0.25, -0.2) is 0 Å². The highest BCUT2D eigenvalue weighted by Gasteiger charge is 2.23. The highest BCUT2D eigenvalue weighted by Crippen LogP contribution is 2.40. The number of benzene rings is 1. The van der Waals surface area contributed by atoms with Crippen molar-refractivity contribution in [3.05, 3.63) is 29.8 Å². The summed E-state index contributed by atoms with van der Waals surface area (Å²) in [7, 11) is 0. The van der Waals surface area contributed by atoms with Gasteiger partial charge >= 0.3 is 0 Å². The molecule has 0 saturated heterocycles. The molecule has 0 spiro atoms. The second-order valence-corrected chi connectivity index (χ2v) is 5.61. The highest BCUT2D eigenvalue weighted by molar-refractivity contribution is 5.36. The lowest BCUT2D eigenvalue weighted by molar-refractivity contribution is -0.128. The number of ether oxygens (including phenoxy) is 2. The molecule has 3 heteroatoms. The van der Waals surface area contributed by atoms with Crippen LogP contribution in [0.1, 0.15) is 65.9 Å². The number of carbonyl (C=O) groups is 1. The number of hydrogen-bond acceptors (Lipinski definition) is 3. The van der Waals surface area contributed by atoms with E-state index in [1.165, 1.54) is 18.4 Å². The van der Waals surface area contributed by atoms with Crippen LogP contribution in [-0.2, 0) is 9.53 Å². The molecule has 1 aromatic rings. The minimum atomic E-state index is -0.0961. The van der Waals surface area contributed by atoms with Gasteiger partial charge in [-0.2, -0.15) is 0 Å². The first kappa shape index (κ1) is 19.5. The first-order chi connectivity index (χ1) is 9.96. The molecule has 0 unspecified atom stereocenters. The van der Waals surface area contributed by atoms with Gasteiger partial charge in [-0.1, -0.05) is 26.0 Å². The van der Waals surface area contributed by atoms with Gasteiger partial charge in [0.1, 0.15) is 11.4 Å². The van der Waals surface area contributed by atoms with E-state index in [2.05, 4.69) is 49.8 Å². The summed E-state index contributed by atoms with van der Waals surface area (Å²) in [6.45, 7) is 12.9. The fourth-order valence-electron chi connectivity index (χ4n) is 1.65. The van der Waals surface area contributed by atoms with Gasteiger partial charge in [0.15, 0.2) is 0 Å². The van der Waals surface area contributed by atoms with Gasteiger partial charge < -0.3 is 9.47 Å². The molecule has 21 heavy (non-hydrogen) atoms. The van der Waals surface area contributed by atoms with Crippen LogP contribution >= 0.6 is 0 Å². The Bertz CT molecular complexity index is 372. The molecule has 1 aliphatic rings. The van der Waals surface area contributed by atoms with Gasteiger partial charge in [0.25, 0.3) is 6.47 Å². The van der Waals surface area contributed by atoms with Crippen molar-refractivity contribution in [3.63, 3.8) is 0 Å². The zero-order valence-electron chi connectivity index (χ0n) is 14.3. The fourth-order valence-corrected chi connectivity index (χ4v) is 1.65. The first-order valence-electron chi connectivity index (χ1n) is 7.80. The summed E-state index contributed by atoms with van der Waals surface area (Å²) in [6, 6.07) is 8.55. The predicted octanol–water partition coefficient (Wildman–Crippen LogP) is 4.95. The van der Waals surface area contributed by atoms with Crippen LogP contribution in [0, 0.1) is 0 Å². The van der Waals surface area contributed by atoms with E-state index < -0.39 is 0 Å². The average Bonchev–Trinajstić information content (AvgIpc) is 3.26. The Morgan fingerprint density at radius 3 is 1.95 bits per heavy atom. The SMILES string of the molecule is CC.CC(C)(C)Oc1ccc(C2CC2)cc1.CCOC=O. The zero-order chi connectivity index (χ0) is 16.3. The minimum absolute atomic E-state index is 0.0961. The average molecular weight is 294 g/mol. The van der Waals surface area contributed by atoms with E-state index in [1.807, 2.05) is 13.8 Å². The standard InChI is InChI=1S/C13H18O.C3H6O2.C2H6/c1-13(2,3)14-12-8-6-11(7-9-12)10-4-5-10;1-2-5-3-4;1-2/h6-10H,4-5H2,1-3H3;3H,2H2,1H3;1-2H3. The van der Waals surface area contributed by atoms with Crippen LogP contribution in [0.15, 0.2) is 24.3 Å². The molecule has 0 amide bonds. The molecular weight excluding hydrogens is 264 g/mol. The molecule has 2 rings (SSSR count). The second kappa shape index (κ2) is 10.3. The van der Waals surface area contributed by atoms with E-state index in [0.717, 1.165) is 11.7 Å². The van der Waals surface area contributed by atoms with Crippen molar-refractivity contribution in [1.82, 2.24) is 0 Å². The molecule has 0 N–H and O–H groups in total. The van der Waals surface area contributed by atoms with Crippen LogP contribution in [0.5, 0.6) is 5.75 Å². The molecule has 0 atom stereocenters. The van der Waals surface area contributed by atoms with Crippen LogP contribution in [0.4, 0.5) is 0 Å². The molecule has 120 valence electrons. The second-order valence-electron chi connectivity index (χ2n) is 5.61. The lowest BCUT2D eigenvalue weighted by Crippen LogP contribution is -2.22. The zero-order valence-corrected chi connectivity index (χ0v) is 14.3. The number of carbonyl (C=O) groups excluding carboxylic acids is 1. The molecule has 1 aliphatic carbocycles. The van der Waals surface area contributed by atoms with E-state index >= 15 is 0 Å². The Balaban J connectivity index is 0.000000489. The summed E-state index contributed by atoms with van der Waals surface area (Å²) in [5, 5.41) is 0. The van der Waals surface area contributed by atoms with Crippen LogP contribution in [0.25, 0.3) is 0 Å². The highest BCUT2D eigenvalue weighted by atomic mass is 16.5. The van der Waals surface area contributed by atoms with E-state index in [4.69, 9.17) is 4.74 Å². The van der Waals surface area contributed by atoms with Crippen molar-refractivity contribution < 1.29 is 14.3 Å². The molecule has 0 aromatic heterocycles. The van der Waals surface area contributed by atoms with Crippen LogP contribution in [0.2, 0.25) is 0 Å². The molecule has 0 heterocycles. The maximum Gasteiger partial charge on any atom is 0.293 e. The fraction of sp³-hybridized carbons (Fsp3) is 0.611. The van der Waals surface area contributed by atoms with E-state index in [1.54, 1.807) is 6.92 Å². The van der Waals surface area contributed by atoms with Gasteiger partial charge in [0.05, 0.1) is 6.61 Å². The minimum Gasteiger partial charge on any atom is -0.488 e. The third-order valence-electron chi connectivity index (χ3n) is 2.59. The van der Waals surface area contributed by atoms with E-state index in [0.29, 0.717) is 13.1 Å². The molecular formula is C18H30O3. The van der Waals surface area contributed by atoms with Gasteiger partial charge in [-0.3, -0.25) is 4.79 Å². The van der Waals surface area contributed by atoms with Crippen LogP contribution < -0.4 is 4.74 Å². The predicted molar refractivity (Wildman–Crippen MR) is 87.8 cm³/mol. The Hall–Kier alpha value is -1.51. The van der Waals surface area contributed by atoms with Gasteiger partial charge in [0, 0.05) is 0 Å². The number of hydrogen-bond donors (Lipinski definition) is 0. The summed E-state index contributed by atoms with van der Waals surface area (Å²) >= 11 is 0. The Labute approximate surface area is 129 Å². The maximum absolute atomic E-state index is 9.18. The quantitative estimate of drug-likeness (QED) is 0.737. The summed E-state index contributed by atoms with van der Waals surface area (Å²) < 4.78 is 9.91. The topological polar surface area (TPSA) is 35.5 Å². The normalized spacial score (nSPS) is 13.0. The number of rotatable bonds is 4. The monoisotopic (exact) mass is 294 g/mol. The van der Waals surface area contributed by atoms with E-state index in [9.17, 15) is 4.79 Å². The summed E-state index contributed by atoms with van der Waals surface area (Å²) in [5.74, 6) is 1.81.